The third kappa shape index (κ3) is 3.95. The van der Waals surface area contributed by atoms with Crippen LogP contribution in [0.1, 0.15) is 60.7 Å². The summed E-state index contributed by atoms with van der Waals surface area (Å²) in [6.07, 6.45) is 2.58. The van der Waals surface area contributed by atoms with E-state index in [0.717, 1.165) is 47.6 Å². The van der Waals surface area contributed by atoms with Crippen LogP contribution in [0.3, 0.4) is 0 Å². The molecular formula is C28H30F3N3O2. The molecule has 1 amide bonds. The molecule has 36 heavy (non-hydrogen) atoms. The minimum absolute atomic E-state index is 0.0821. The number of carbonyl (C=O) groups excluding carboxylic acids is 1. The molecule has 2 aliphatic heterocycles. The molecule has 0 bridgehead atoms. The number of hydrogen-bond acceptors (Lipinski definition) is 4. The van der Waals surface area contributed by atoms with E-state index in [9.17, 15) is 18.0 Å². The van der Waals surface area contributed by atoms with Crippen LogP contribution in [-0.2, 0) is 27.9 Å². The van der Waals surface area contributed by atoms with Gasteiger partial charge in [-0.2, -0.15) is 13.2 Å². The van der Waals surface area contributed by atoms with E-state index in [2.05, 4.69) is 36.5 Å². The predicted molar refractivity (Wildman–Crippen MR) is 130 cm³/mol. The zero-order valence-electron chi connectivity index (χ0n) is 20.5. The molecule has 1 saturated carbocycles. The van der Waals surface area contributed by atoms with E-state index in [0.29, 0.717) is 26.2 Å². The van der Waals surface area contributed by atoms with Gasteiger partial charge in [0.05, 0.1) is 24.9 Å². The zero-order valence-corrected chi connectivity index (χ0v) is 20.5. The number of benzene rings is 1. The number of rotatable bonds is 3. The van der Waals surface area contributed by atoms with Crippen LogP contribution in [0.25, 0.3) is 16.7 Å². The summed E-state index contributed by atoms with van der Waals surface area (Å²) in [6, 6.07) is 6.38. The Labute approximate surface area is 208 Å². The summed E-state index contributed by atoms with van der Waals surface area (Å²) < 4.78 is 45.5. The van der Waals surface area contributed by atoms with Gasteiger partial charge in [-0.3, -0.25) is 9.78 Å². The Morgan fingerprint density at radius 3 is 2.75 bits per heavy atom. The van der Waals surface area contributed by atoms with E-state index >= 15 is 0 Å². The third-order valence-electron chi connectivity index (χ3n) is 8.25. The van der Waals surface area contributed by atoms with Gasteiger partial charge in [0.2, 0.25) is 5.91 Å². The second-order valence-electron chi connectivity index (χ2n) is 10.7. The van der Waals surface area contributed by atoms with Crippen molar-refractivity contribution in [1.82, 2.24) is 15.2 Å². The number of nitrogens with zero attached hydrogens (tertiary/aromatic N) is 2. The van der Waals surface area contributed by atoms with Crippen LogP contribution in [0.4, 0.5) is 13.2 Å². The van der Waals surface area contributed by atoms with Crippen LogP contribution in [0.2, 0.25) is 0 Å². The molecule has 0 radical (unpaired) electrons. The number of fused-ring (bicyclic) bond motifs is 3. The highest BCUT2D eigenvalue weighted by molar-refractivity contribution is 5.81. The summed E-state index contributed by atoms with van der Waals surface area (Å²) in [6.45, 7) is 5.34. The Morgan fingerprint density at radius 2 is 2.06 bits per heavy atom. The SMILES string of the molecule is CC1=CC2(CC2)c2ncc(-c3cc4c(c([C@@H]5COCCN5)c3)CN(C(=O)[C@@H](C)C(F)(F)F)CC4)cc21. The van der Waals surface area contributed by atoms with Crippen LogP contribution < -0.4 is 5.32 Å². The van der Waals surface area contributed by atoms with Crippen LogP contribution in [0.15, 0.2) is 30.5 Å². The molecule has 1 saturated heterocycles. The van der Waals surface area contributed by atoms with Crippen LogP contribution >= 0.6 is 0 Å². The number of ether oxygens (including phenoxy) is 1. The number of alkyl halides is 3. The Hall–Kier alpha value is -2.71. The highest BCUT2D eigenvalue weighted by Gasteiger charge is 2.48. The first-order valence-electron chi connectivity index (χ1n) is 12.7. The number of morpholine rings is 1. The van der Waals surface area contributed by atoms with E-state index in [1.54, 1.807) is 0 Å². The van der Waals surface area contributed by atoms with E-state index in [1.165, 1.54) is 21.7 Å². The maximum absolute atomic E-state index is 13.3. The minimum Gasteiger partial charge on any atom is -0.378 e. The number of aromatic nitrogens is 1. The third-order valence-corrected chi connectivity index (χ3v) is 8.25. The molecule has 2 aromatic rings. The molecule has 0 unspecified atom stereocenters. The second kappa shape index (κ2) is 8.42. The van der Waals surface area contributed by atoms with Gasteiger partial charge in [-0.15, -0.1) is 0 Å². The number of halogens is 3. The van der Waals surface area contributed by atoms with Gasteiger partial charge in [0.25, 0.3) is 0 Å². The van der Waals surface area contributed by atoms with Gasteiger partial charge in [-0.1, -0.05) is 12.1 Å². The summed E-state index contributed by atoms with van der Waals surface area (Å²) in [5.41, 5.74) is 8.87. The normalized spacial score (nSPS) is 23.2. The van der Waals surface area contributed by atoms with Crippen molar-refractivity contribution in [3.05, 3.63) is 58.4 Å². The molecule has 5 nitrogen and oxygen atoms in total. The lowest BCUT2D eigenvalue weighted by atomic mass is 9.86. The summed E-state index contributed by atoms with van der Waals surface area (Å²) in [5, 5.41) is 3.49. The van der Waals surface area contributed by atoms with Gasteiger partial charge in [-0.25, -0.2) is 0 Å². The van der Waals surface area contributed by atoms with Crippen molar-refractivity contribution in [3.8, 4) is 11.1 Å². The van der Waals surface area contributed by atoms with Gasteiger partial charge >= 0.3 is 6.18 Å². The maximum atomic E-state index is 13.3. The maximum Gasteiger partial charge on any atom is 0.400 e. The van der Waals surface area contributed by atoms with Crippen LogP contribution in [0, 0.1) is 5.92 Å². The standard InChI is InChI=1S/C28H30F3N3O2/c1-16-12-27(4-5-27)25-21(16)11-20(13-33-25)19-9-18-3-7-34(26(35)17(2)28(29,30)31)14-23(18)22(10-19)24-15-36-8-6-32-24/h9-13,17,24,32H,3-8,14-15H2,1-2H3/t17-,24+/m1/s1. The molecule has 1 aromatic heterocycles. The lowest BCUT2D eigenvalue weighted by Crippen LogP contribution is -2.44. The molecule has 2 aliphatic carbocycles. The lowest BCUT2D eigenvalue weighted by Gasteiger charge is -2.35. The summed E-state index contributed by atoms with van der Waals surface area (Å²) in [5.74, 6) is -2.88. The summed E-state index contributed by atoms with van der Waals surface area (Å²) in [7, 11) is 0. The molecule has 1 N–H and O–H groups in total. The molecular weight excluding hydrogens is 467 g/mol. The fourth-order valence-electron chi connectivity index (χ4n) is 5.94. The number of hydrogen-bond donors (Lipinski definition) is 1. The second-order valence-corrected chi connectivity index (χ2v) is 10.7. The van der Waals surface area contributed by atoms with Gasteiger partial charge < -0.3 is 15.0 Å². The highest BCUT2D eigenvalue weighted by Crippen LogP contribution is 2.56. The zero-order chi connectivity index (χ0) is 25.2. The quantitative estimate of drug-likeness (QED) is 0.653. The van der Waals surface area contributed by atoms with Crippen molar-refractivity contribution >= 4 is 11.5 Å². The Balaban J connectivity index is 1.38. The van der Waals surface area contributed by atoms with E-state index < -0.39 is 18.0 Å². The molecule has 1 spiro atoms. The van der Waals surface area contributed by atoms with Crippen molar-refractivity contribution in [2.75, 3.05) is 26.3 Å². The van der Waals surface area contributed by atoms with Crippen molar-refractivity contribution in [2.24, 2.45) is 5.92 Å². The summed E-state index contributed by atoms with van der Waals surface area (Å²) in [4.78, 5) is 18.9. The topological polar surface area (TPSA) is 54.5 Å². The average Bonchev–Trinajstić information content (AvgIpc) is 3.60. The molecule has 1 aromatic carbocycles. The first-order valence-corrected chi connectivity index (χ1v) is 12.7. The number of carbonyl (C=O) groups is 1. The molecule has 8 heteroatoms. The average molecular weight is 498 g/mol. The van der Waals surface area contributed by atoms with Gasteiger partial charge in [0.15, 0.2) is 0 Å². The molecule has 6 rings (SSSR count). The molecule has 4 aliphatic rings. The molecule has 3 heterocycles. The van der Waals surface area contributed by atoms with E-state index in [-0.39, 0.29) is 24.5 Å². The first-order chi connectivity index (χ1) is 17.2. The molecule has 190 valence electrons. The fraction of sp³-hybridized carbons (Fsp3) is 0.500. The smallest absolute Gasteiger partial charge is 0.378 e. The highest BCUT2D eigenvalue weighted by atomic mass is 19.4. The minimum atomic E-state index is -4.55. The van der Waals surface area contributed by atoms with E-state index in [4.69, 9.17) is 9.72 Å². The number of allylic oxidation sites excluding steroid dienone is 2. The lowest BCUT2D eigenvalue weighted by molar-refractivity contribution is -0.186. The number of pyridine rings is 1. The molecule has 2 atom stereocenters. The van der Waals surface area contributed by atoms with Gasteiger partial charge in [0.1, 0.15) is 5.92 Å². The number of amides is 1. The number of nitrogens with one attached hydrogen (secondary N) is 1. The first kappa shape index (κ1) is 23.7. The van der Waals surface area contributed by atoms with Crippen molar-refractivity contribution in [2.45, 2.75) is 57.3 Å². The largest absolute Gasteiger partial charge is 0.400 e. The fourth-order valence-corrected chi connectivity index (χ4v) is 5.94. The monoisotopic (exact) mass is 497 g/mol. The van der Waals surface area contributed by atoms with Crippen LogP contribution in [-0.4, -0.2) is 48.3 Å². The van der Waals surface area contributed by atoms with Crippen molar-refractivity contribution in [3.63, 3.8) is 0 Å². The van der Waals surface area contributed by atoms with Gasteiger partial charge in [-0.05, 0) is 73.1 Å². The Bertz CT molecular complexity index is 1260. The van der Waals surface area contributed by atoms with E-state index in [1.807, 2.05) is 6.20 Å². The molecule has 2 fully saturated rings. The Kier molecular flexibility index (Phi) is 5.53. The van der Waals surface area contributed by atoms with Crippen molar-refractivity contribution in [1.29, 1.82) is 0 Å². The van der Waals surface area contributed by atoms with Crippen molar-refractivity contribution < 1.29 is 22.7 Å². The Morgan fingerprint density at radius 1 is 1.25 bits per heavy atom. The van der Waals surface area contributed by atoms with Gasteiger partial charge in [0, 0.05) is 42.4 Å². The summed E-state index contributed by atoms with van der Waals surface area (Å²) >= 11 is 0. The van der Waals surface area contributed by atoms with Crippen LogP contribution in [0.5, 0.6) is 0 Å². The predicted octanol–water partition coefficient (Wildman–Crippen LogP) is 4.94.